The summed E-state index contributed by atoms with van der Waals surface area (Å²) in [5.74, 6) is 3.37. The topological polar surface area (TPSA) is 78.9 Å². The zero-order chi connectivity index (χ0) is 14.1. The highest BCUT2D eigenvalue weighted by molar-refractivity contribution is 5.78. The van der Waals surface area contributed by atoms with Crippen molar-refractivity contribution in [1.29, 1.82) is 0 Å². The highest BCUT2D eigenvalue weighted by atomic mass is 16.1. The molecule has 1 saturated heterocycles. The number of nitrogens with zero attached hydrogens (tertiary/aromatic N) is 2. The van der Waals surface area contributed by atoms with Gasteiger partial charge in [0, 0.05) is 37.5 Å². The Morgan fingerprint density at radius 1 is 1.25 bits per heavy atom. The third-order valence-electron chi connectivity index (χ3n) is 3.94. The quantitative estimate of drug-likeness (QED) is 0.757. The second-order valence-corrected chi connectivity index (χ2v) is 5.61. The molecule has 2 aliphatic rings. The largest absolute Gasteiger partial charge is 0.373 e. The molecular formula is C14H21N5O. The van der Waals surface area contributed by atoms with Gasteiger partial charge in [-0.25, -0.2) is 9.97 Å². The lowest BCUT2D eigenvalue weighted by atomic mass is 10.2. The predicted octanol–water partition coefficient (Wildman–Crippen LogP) is 1.39. The predicted molar refractivity (Wildman–Crippen MR) is 77.9 cm³/mol. The lowest BCUT2D eigenvalue weighted by Crippen LogP contribution is -2.32. The molecule has 1 saturated carbocycles. The van der Waals surface area contributed by atoms with E-state index in [1.165, 1.54) is 12.8 Å². The van der Waals surface area contributed by atoms with E-state index < -0.39 is 0 Å². The maximum absolute atomic E-state index is 11.2. The number of carbonyl (C=O) groups excluding carboxylic acids is 1. The van der Waals surface area contributed by atoms with Crippen LogP contribution in [0.4, 0.5) is 11.6 Å². The van der Waals surface area contributed by atoms with Crippen molar-refractivity contribution in [1.82, 2.24) is 15.3 Å². The highest BCUT2D eigenvalue weighted by Gasteiger charge is 2.28. The molecule has 0 radical (unpaired) electrons. The summed E-state index contributed by atoms with van der Waals surface area (Å²) in [7, 11) is 1.88. The molecule has 6 heteroatoms. The van der Waals surface area contributed by atoms with Gasteiger partial charge in [-0.15, -0.1) is 0 Å². The summed E-state index contributed by atoms with van der Waals surface area (Å²) < 4.78 is 0. The Labute approximate surface area is 118 Å². The highest BCUT2D eigenvalue weighted by Crippen LogP contribution is 2.39. The van der Waals surface area contributed by atoms with Crippen molar-refractivity contribution in [2.75, 3.05) is 24.2 Å². The number of nitrogens with one attached hydrogen (secondary N) is 3. The van der Waals surface area contributed by atoms with Crippen LogP contribution in [0.2, 0.25) is 0 Å². The molecule has 2 heterocycles. The molecule has 20 heavy (non-hydrogen) atoms. The maximum atomic E-state index is 11.2. The molecule has 1 amide bonds. The molecule has 3 N–H and O–H groups in total. The van der Waals surface area contributed by atoms with Crippen LogP contribution in [0.15, 0.2) is 0 Å². The van der Waals surface area contributed by atoms with Gasteiger partial charge < -0.3 is 16.0 Å². The summed E-state index contributed by atoms with van der Waals surface area (Å²) in [5.41, 5.74) is 1.03. The first-order valence-electron chi connectivity index (χ1n) is 7.27. The van der Waals surface area contributed by atoms with Crippen LogP contribution in [-0.2, 0) is 4.79 Å². The fraction of sp³-hybridized carbons (Fsp3) is 0.643. The fourth-order valence-corrected chi connectivity index (χ4v) is 2.52. The van der Waals surface area contributed by atoms with E-state index in [-0.39, 0.29) is 11.9 Å². The standard InChI is InChI=1S/C14H21N5O/c1-8-12(15-2)18-14(9-3-4-9)19-13(8)16-7-10-5-6-11(20)17-10/h9-10H,3-7H2,1-2H3,(H,17,20)(H2,15,16,18,19). The molecule has 1 atom stereocenters. The second kappa shape index (κ2) is 5.26. The van der Waals surface area contributed by atoms with Crippen molar-refractivity contribution in [3.05, 3.63) is 11.4 Å². The molecule has 1 aromatic rings. The van der Waals surface area contributed by atoms with Crippen molar-refractivity contribution < 1.29 is 4.79 Å². The SMILES string of the molecule is CNc1nc(C2CC2)nc(NCC2CCC(=O)N2)c1C. The number of amides is 1. The number of anilines is 2. The zero-order valence-electron chi connectivity index (χ0n) is 12.0. The molecule has 1 aliphatic carbocycles. The van der Waals surface area contributed by atoms with Crippen LogP contribution in [0.5, 0.6) is 0 Å². The molecule has 0 aromatic carbocycles. The third kappa shape index (κ3) is 2.69. The Morgan fingerprint density at radius 3 is 2.60 bits per heavy atom. The number of carbonyl (C=O) groups is 1. The van der Waals surface area contributed by atoms with E-state index in [1.54, 1.807) is 0 Å². The Balaban J connectivity index is 1.73. The molecule has 0 bridgehead atoms. The van der Waals surface area contributed by atoms with E-state index in [9.17, 15) is 4.79 Å². The fourth-order valence-electron chi connectivity index (χ4n) is 2.52. The van der Waals surface area contributed by atoms with Gasteiger partial charge in [0.25, 0.3) is 0 Å². The van der Waals surface area contributed by atoms with Crippen molar-refractivity contribution in [3.8, 4) is 0 Å². The maximum Gasteiger partial charge on any atom is 0.220 e. The summed E-state index contributed by atoms with van der Waals surface area (Å²) in [6.45, 7) is 2.73. The van der Waals surface area contributed by atoms with Crippen LogP contribution in [0.1, 0.15) is 43.0 Å². The monoisotopic (exact) mass is 275 g/mol. The minimum Gasteiger partial charge on any atom is -0.373 e. The van der Waals surface area contributed by atoms with Gasteiger partial charge in [-0.05, 0) is 26.2 Å². The summed E-state index contributed by atoms with van der Waals surface area (Å²) in [6, 6.07) is 0.208. The number of hydrogen-bond acceptors (Lipinski definition) is 5. The van der Waals surface area contributed by atoms with Crippen molar-refractivity contribution >= 4 is 17.5 Å². The Kier molecular flexibility index (Phi) is 3.46. The Bertz CT molecular complexity index is 527. The molecule has 1 aromatic heterocycles. The van der Waals surface area contributed by atoms with E-state index in [4.69, 9.17) is 0 Å². The van der Waals surface area contributed by atoms with Gasteiger partial charge in [-0.1, -0.05) is 0 Å². The normalized spacial score (nSPS) is 21.7. The average molecular weight is 275 g/mol. The summed E-state index contributed by atoms with van der Waals surface area (Å²) in [4.78, 5) is 20.4. The smallest absolute Gasteiger partial charge is 0.220 e. The van der Waals surface area contributed by atoms with Gasteiger partial charge in [0.2, 0.25) is 5.91 Å². The molecule has 2 fully saturated rings. The summed E-state index contributed by atoms with van der Waals surface area (Å²) in [5, 5.41) is 9.46. The van der Waals surface area contributed by atoms with E-state index in [1.807, 2.05) is 14.0 Å². The molecule has 1 aliphatic heterocycles. The van der Waals surface area contributed by atoms with Crippen molar-refractivity contribution in [2.45, 2.75) is 44.6 Å². The molecular weight excluding hydrogens is 254 g/mol. The van der Waals surface area contributed by atoms with Crippen LogP contribution in [0.3, 0.4) is 0 Å². The van der Waals surface area contributed by atoms with E-state index >= 15 is 0 Å². The molecule has 108 valence electrons. The number of aromatic nitrogens is 2. The van der Waals surface area contributed by atoms with Gasteiger partial charge in [-0.2, -0.15) is 0 Å². The van der Waals surface area contributed by atoms with Crippen LogP contribution >= 0.6 is 0 Å². The summed E-state index contributed by atoms with van der Waals surface area (Å²) in [6.07, 6.45) is 3.89. The molecule has 1 unspecified atom stereocenters. The van der Waals surface area contributed by atoms with Crippen LogP contribution in [-0.4, -0.2) is 35.5 Å². The lowest BCUT2D eigenvalue weighted by Gasteiger charge is -2.16. The average Bonchev–Trinajstić information content (AvgIpc) is 3.21. The van der Waals surface area contributed by atoms with Gasteiger partial charge in [0.15, 0.2) is 0 Å². The Hall–Kier alpha value is -1.85. The minimum absolute atomic E-state index is 0.144. The van der Waals surface area contributed by atoms with Gasteiger partial charge in [0.05, 0.1) is 0 Å². The molecule has 3 rings (SSSR count). The first-order chi connectivity index (χ1) is 9.67. The van der Waals surface area contributed by atoms with Gasteiger partial charge >= 0.3 is 0 Å². The number of rotatable bonds is 5. The Morgan fingerprint density at radius 2 is 2.00 bits per heavy atom. The van der Waals surface area contributed by atoms with Crippen molar-refractivity contribution in [2.24, 2.45) is 0 Å². The van der Waals surface area contributed by atoms with E-state index in [0.29, 0.717) is 12.3 Å². The third-order valence-corrected chi connectivity index (χ3v) is 3.94. The first kappa shape index (κ1) is 13.1. The molecule has 6 nitrogen and oxygen atoms in total. The van der Waals surface area contributed by atoms with Crippen LogP contribution in [0, 0.1) is 6.92 Å². The van der Waals surface area contributed by atoms with Gasteiger partial charge in [0.1, 0.15) is 17.5 Å². The van der Waals surface area contributed by atoms with E-state index in [0.717, 1.165) is 36.0 Å². The zero-order valence-corrected chi connectivity index (χ0v) is 12.0. The summed E-state index contributed by atoms with van der Waals surface area (Å²) >= 11 is 0. The van der Waals surface area contributed by atoms with E-state index in [2.05, 4.69) is 25.9 Å². The number of hydrogen-bond donors (Lipinski definition) is 3. The van der Waals surface area contributed by atoms with Crippen LogP contribution < -0.4 is 16.0 Å². The van der Waals surface area contributed by atoms with Crippen molar-refractivity contribution in [3.63, 3.8) is 0 Å². The lowest BCUT2D eigenvalue weighted by molar-refractivity contribution is -0.119. The van der Waals surface area contributed by atoms with Gasteiger partial charge in [-0.3, -0.25) is 4.79 Å². The van der Waals surface area contributed by atoms with Crippen LogP contribution in [0.25, 0.3) is 0 Å². The first-order valence-corrected chi connectivity index (χ1v) is 7.27. The minimum atomic E-state index is 0.144. The molecule has 0 spiro atoms. The second-order valence-electron chi connectivity index (χ2n) is 5.61.